The van der Waals surface area contributed by atoms with Crippen molar-refractivity contribution in [2.75, 3.05) is 5.32 Å². The number of hydrogen-bond donors (Lipinski definition) is 1. The van der Waals surface area contributed by atoms with Gasteiger partial charge in [-0.15, -0.1) is 0 Å². The summed E-state index contributed by atoms with van der Waals surface area (Å²) in [6, 6.07) is 11.4. The van der Waals surface area contributed by atoms with E-state index in [9.17, 15) is 10.1 Å². The van der Waals surface area contributed by atoms with Crippen LogP contribution in [0.5, 0.6) is 0 Å². The second-order valence-corrected chi connectivity index (χ2v) is 5.23. The molecule has 0 atom stereocenters. The number of rotatable bonds is 5. The summed E-state index contributed by atoms with van der Waals surface area (Å²) in [6.45, 7) is 5.89. The van der Waals surface area contributed by atoms with Crippen molar-refractivity contribution in [3.63, 3.8) is 0 Å². The lowest BCUT2D eigenvalue weighted by Gasteiger charge is -2.14. The van der Waals surface area contributed by atoms with Crippen LogP contribution in [0.15, 0.2) is 40.3 Å². The zero-order valence-electron chi connectivity index (χ0n) is 13.6. The van der Waals surface area contributed by atoms with Crippen LogP contribution in [0.25, 0.3) is 6.08 Å². The van der Waals surface area contributed by atoms with Crippen molar-refractivity contribution in [2.45, 2.75) is 33.6 Å². The van der Waals surface area contributed by atoms with Gasteiger partial charge < -0.3 is 9.73 Å². The maximum atomic E-state index is 12.4. The van der Waals surface area contributed by atoms with E-state index in [-0.39, 0.29) is 5.57 Å². The molecule has 118 valence electrons. The third kappa shape index (κ3) is 3.89. The Kier molecular flexibility index (Phi) is 5.37. The minimum Gasteiger partial charge on any atom is -0.462 e. The van der Waals surface area contributed by atoms with Crippen LogP contribution in [0.3, 0.4) is 0 Å². The first-order valence-electron chi connectivity index (χ1n) is 7.69. The highest BCUT2D eigenvalue weighted by Gasteiger charge is 2.14. The van der Waals surface area contributed by atoms with Crippen molar-refractivity contribution in [1.82, 2.24) is 0 Å². The summed E-state index contributed by atoms with van der Waals surface area (Å²) >= 11 is 0. The highest BCUT2D eigenvalue weighted by atomic mass is 16.3. The molecule has 0 fully saturated rings. The Bertz CT molecular complexity index is 757. The smallest absolute Gasteiger partial charge is 0.266 e. The SMILES string of the molecule is CCc1cccc(CC)c1NC(=O)C(C#N)=Cc1ccc(C)o1. The quantitative estimate of drug-likeness (QED) is 0.663. The first-order chi connectivity index (χ1) is 11.1. The van der Waals surface area contributed by atoms with Gasteiger partial charge in [0.1, 0.15) is 23.2 Å². The Morgan fingerprint density at radius 1 is 1.22 bits per heavy atom. The average molecular weight is 308 g/mol. The summed E-state index contributed by atoms with van der Waals surface area (Å²) in [6.07, 6.45) is 3.08. The number of carbonyl (C=O) groups excluding carboxylic acids is 1. The summed E-state index contributed by atoms with van der Waals surface area (Å²) < 4.78 is 5.40. The molecule has 1 heterocycles. The summed E-state index contributed by atoms with van der Waals surface area (Å²) in [5, 5.41) is 12.2. The van der Waals surface area contributed by atoms with Crippen molar-refractivity contribution in [1.29, 1.82) is 5.26 Å². The number of benzene rings is 1. The van der Waals surface area contributed by atoms with Crippen molar-refractivity contribution in [3.8, 4) is 6.07 Å². The lowest BCUT2D eigenvalue weighted by Crippen LogP contribution is -2.16. The number of furan rings is 1. The first kappa shape index (κ1) is 16.6. The standard InChI is InChI=1S/C19H20N2O2/c1-4-14-7-6-8-15(5-2)18(14)21-19(22)16(12-20)11-17-10-9-13(3)23-17/h6-11H,4-5H2,1-3H3,(H,21,22). The van der Waals surface area contributed by atoms with Crippen LogP contribution < -0.4 is 5.32 Å². The number of nitriles is 1. The molecular formula is C19H20N2O2. The minimum atomic E-state index is -0.419. The molecule has 2 aromatic rings. The Balaban J connectivity index is 2.31. The number of anilines is 1. The molecule has 0 spiro atoms. The van der Waals surface area contributed by atoms with E-state index in [2.05, 4.69) is 5.32 Å². The van der Waals surface area contributed by atoms with Gasteiger partial charge in [0.05, 0.1) is 0 Å². The Hall–Kier alpha value is -2.80. The van der Waals surface area contributed by atoms with E-state index in [0.717, 1.165) is 35.4 Å². The number of aryl methyl sites for hydroxylation is 3. The van der Waals surface area contributed by atoms with Crippen LogP contribution >= 0.6 is 0 Å². The summed E-state index contributed by atoms with van der Waals surface area (Å²) in [5.41, 5.74) is 2.94. The molecule has 4 nitrogen and oxygen atoms in total. The van der Waals surface area contributed by atoms with E-state index in [4.69, 9.17) is 4.42 Å². The summed E-state index contributed by atoms with van der Waals surface area (Å²) in [4.78, 5) is 12.4. The molecule has 0 saturated heterocycles. The normalized spacial score (nSPS) is 11.1. The summed E-state index contributed by atoms with van der Waals surface area (Å²) in [5.74, 6) is 0.810. The van der Waals surface area contributed by atoms with Crippen molar-refractivity contribution < 1.29 is 9.21 Å². The second kappa shape index (κ2) is 7.46. The van der Waals surface area contributed by atoms with Crippen LogP contribution in [0.2, 0.25) is 0 Å². The topological polar surface area (TPSA) is 66.0 Å². The van der Waals surface area contributed by atoms with Crippen LogP contribution in [0, 0.1) is 18.3 Å². The molecule has 1 aromatic heterocycles. The van der Waals surface area contributed by atoms with Crippen molar-refractivity contribution in [2.24, 2.45) is 0 Å². The lowest BCUT2D eigenvalue weighted by molar-refractivity contribution is -0.112. The lowest BCUT2D eigenvalue weighted by atomic mass is 10.0. The van der Waals surface area contributed by atoms with Gasteiger partial charge in [-0.05, 0) is 43.0 Å². The number of nitrogens with one attached hydrogen (secondary N) is 1. The fourth-order valence-corrected chi connectivity index (χ4v) is 2.41. The molecule has 0 saturated carbocycles. The van der Waals surface area contributed by atoms with Gasteiger partial charge in [-0.1, -0.05) is 32.0 Å². The van der Waals surface area contributed by atoms with E-state index in [1.807, 2.05) is 45.0 Å². The van der Waals surface area contributed by atoms with E-state index in [1.54, 1.807) is 12.1 Å². The number of nitrogens with zero attached hydrogens (tertiary/aromatic N) is 1. The number of amides is 1. The maximum Gasteiger partial charge on any atom is 0.266 e. The van der Waals surface area contributed by atoms with Gasteiger partial charge in [-0.2, -0.15) is 5.26 Å². The summed E-state index contributed by atoms with van der Waals surface area (Å²) in [7, 11) is 0. The zero-order valence-corrected chi connectivity index (χ0v) is 13.6. The molecular weight excluding hydrogens is 288 g/mol. The maximum absolute atomic E-state index is 12.4. The van der Waals surface area contributed by atoms with Gasteiger partial charge in [-0.3, -0.25) is 4.79 Å². The largest absolute Gasteiger partial charge is 0.462 e. The monoisotopic (exact) mass is 308 g/mol. The minimum absolute atomic E-state index is 0.0207. The number of hydrogen-bond acceptors (Lipinski definition) is 3. The van der Waals surface area contributed by atoms with Gasteiger partial charge in [-0.25, -0.2) is 0 Å². The Morgan fingerprint density at radius 2 is 1.87 bits per heavy atom. The number of para-hydroxylation sites is 1. The third-order valence-electron chi connectivity index (χ3n) is 3.65. The van der Waals surface area contributed by atoms with Crippen LogP contribution in [-0.4, -0.2) is 5.91 Å². The molecule has 1 N–H and O–H groups in total. The van der Waals surface area contributed by atoms with Crippen LogP contribution in [0.1, 0.15) is 36.5 Å². The zero-order chi connectivity index (χ0) is 16.8. The number of carbonyl (C=O) groups is 1. The van der Waals surface area contributed by atoms with E-state index in [0.29, 0.717) is 5.76 Å². The predicted molar refractivity (Wildman–Crippen MR) is 90.9 cm³/mol. The molecule has 0 aliphatic rings. The van der Waals surface area contributed by atoms with E-state index < -0.39 is 5.91 Å². The van der Waals surface area contributed by atoms with Gasteiger partial charge in [0, 0.05) is 11.8 Å². The average Bonchev–Trinajstić information content (AvgIpc) is 2.97. The first-order valence-corrected chi connectivity index (χ1v) is 7.69. The second-order valence-electron chi connectivity index (χ2n) is 5.23. The fourth-order valence-electron chi connectivity index (χ4n) is 2.41. The Labute approximate surface area is 136 Å². The molecule has 0 bridgehead atoms. The van der Waals surface area contributed by atoms with Gasteiger partial charge in [0.15, 0.2) is 0 Å². The van der Waals surface area contributed by atoms with Gasteiger partial charge >= 0.3 is 0 Å². The highest BCUT2D eigenvalue weighted by Crippen LogP contribution is 2.23. The highest BCUT2D eigenvalue weighted by molar-refractivity contribution is 6.10. The van der Waals surface area contributed by atoms with Crippen LogP contribution in [-0.2, 0) is 17.6 Å². The molecule has 1 aromatic carbocycles. The predicted octanol–water partition coefficient (Wildman–Crippen LogP) is 4.26. The molecule has 2 rings (SSSR count). The third-order valence-corrected chi connectivity index (χ3v) is 3.65. The van der Waals surface area contributed by atoms with E-state index >= 15 is 0 Å². The van der Waals surface area contributed by atoms with Crippen molar-refractivity contribution >= 4 is 17.7 Å². The molecule has 0 aliphatic heterocycles. The van der Waals surface area contributed by atoms with Crippen molar-refractivity contribution in [3.05, 3.63) is 58.6 Å². The van der Waals surface area contributed by atoms with Crippen LogP contribution in [0.4, 0.5) is 5.69 Å². The molecule has 23 heavy (non-hydrogen) atoms. The molecule has 4 heteroatoms. The van der Waals surface area contributed by atoms with E-state index in [1.165, 1.54) is 6.08 Å². The molecule has 0 aliphatic carbocycles. The molecule has 0 unspecified atom stereocenters. The van der Waals surface area contributed by atoms with Gasteiger partial charge in [0.25, 0.3) is 5.91 Å². The Morgan fingerprint density at radius 3 is 2.35 bits per heavy atom. The molecule has 0 radical (unpaired) electrons. The molecule has 1 amide bonds. The fraction of sp³-hybridized carbons (Fsp3) is 0.263. The van der Waals surface area contributed by atoms with Gasteiger partial charge in [0.2, 0.25) is 0 Å².